The number of aromatic nitrogens is 2. The van der Waals surface area contributed by atoms with Crippen LogP contribution in [0.5, 0.6) is 0 Å². The van der Waals surface area contributed by atoms with Gasteiger partial charge in [0.25, 0.3) is 5.56 Å². The quantitative estimate of drug-likeness (QED) is 0.161. The molecule has 1 amide bonds. The van der Waals surface area contributed by atoms with Crippen molar-refractivity contribution < 1.29 is 10.0 Å². The van der Waals surface area contributed by atoms with Gasteiger partial charge >= 0.3 is 0 Å². The predicted molar refractivity (Wildman–Crippen MR) is 115 cm³/mol. The van der Waals surface area contributed by atoms with Gasteiger partial charge < -0.3 is 4.98 Å². The van der Waals surface area contributed by atoms with Gasteiger partial charge in [-0.1, -0.05) is 66.7 Å². The Morgan fingerprint density at radius 1 is 0.966 bits per heavy atom. The topological polar surface area (TPSA) is 95.1 Å². The van der Waals surface area contributed by atoms with Gasteiger partial charge in [-0.15, -0.1) is 0 Å². The summed E-state index contributed by atoms with van der Waals surface area (Å²) in [6.45, 7) is 0. The standard InChI is InChI=1S/C22H23N3O3S/c26-20(25-28)12-5-2-6-13-29-22-23-19(15-21(27)24-22)18-11-7-10-17(14-18)16-8-3-1-4-9-16/h1,3-4,7-11,14-15,28H,2,5-6,12-13H2,(H,25,26)(H,23,24,27). The van der Waals surface area contributed by atoms with E-state index in [9.17, 15) is 9.59 Å². The Hall–Kier alpha value is -2.90. The van der Waals surface area contributed by atoms with Crippen molar-refractivity contribution in [2.45, 2.75) is 30.8 Å². The van der Waals surface area contributed by atoms with Crippen molar-refractivity contribution in [3.05, 3.63) is 71.0 Å². The van der Waals surface area contributed by atoms with Gasteiger partial charge in [-0.25, -0.2) is 10.5 Å². The van der Waals surface area contributed by atoms with E-state index in [1.54, 1.807) is 5.48 Å². The molecule has 0 saturated heterocycles. The summed E-state index contributed by atoms with van der Waals surface area (Å²) < 4.78 is 0. The maximum atomic E-state index is 12.1. The van der Waals surface area contributed by atoms with Crippen molar-refractivity contribution in [3.63, 3.8) is 0 Å². The van der Waals surface area contributed by atoms with Gasteiger partial charge in [0.15, 0.2) is 5.16 Å². The number of benzene rings is 2. The summed E-state index contributed by atoms with van der Waals surface area (Å²) in [5.74, 6) is 0.422. The van der Waals surface area contributed by atoms with Gasteiger partial charge in [0, 0.05) is 23.8 Å². The first-order valence-corrected chi connectivity index (χ1v) is 10.5. The highest BCUT2D eigenvalue weighted by atomic mass is 32.2. The van der Waals surface area contributed by atoms with E-state index in [0.29, 0.717) is 23.7 Å². The van der Waals surface area contributed by atoms with E-state index in [1.807, 2.05) is 42.5 Å². The number of thioether (sulfide) groups is 1. The van der Waals surface area contributed by atoms with Gasteiger partial charge in [-0.3, -0.25) is 14.8 Å². The van der Waals surface area contributed by atoms with Crippen LogP contribution in [-0.2, 0) is 4.79 Å². The zero-order valence-corrected chi connectivity index (χ0v) is 16.7. The third kappa shape index (κ3) is 6.30. The number of hydrogen-bond donors (Lipinski definition) is 3. The first kappa shape index (κ1) is 20.8. The molecule has 7 heteroatoms. The second-order valence-electron chi connectivity index (χ2n) is 6.58. The second kappa shape index (κ2) is 10.6. The second-order valence-corrected chi connectivity index (χ2v) is 7.66. The van der Waals surface area contributed by atoms with Crippen molar-refractivity contribution in [2.24, 2.45) is 0 Å². The molecule has 29 heavy (non-hydrogen) atoms. The van der Waals surface area contributed by atoms with E-state index in [0.717, 1.165) is 35.3 Å². The predicted octanol–water partition coefficient (Wildman–Crippen LogP) is 4.26. The minimum absolute atomic E-state index is 0.178. The molecule has 0 unspecified atom stereocenters. The Labute approximate surface area is 173 Å². The van der Waals surface area contributed by atoms with Gasteiger partial charge in [0.1, 0.15) is 0 Å². The molecule has 3 rings (SSSR count). The molecule has 3 N–H and O–H groups in total. The summed E-state index contributed by atoms with van der Waals surface area (Å²) in [4.78, 5) is 30.5. The summed E-state index contributed by atoms with van der Waals surface area (Å²) in [6, 6.07) is 19.6. The lowest BCUT2D eigenvalue weighted by molar-refractivity contribution is -0.129. The highest BCUT2D eigenvalue weighted by Gasteiger charge is 2.07. The third-order valence-electron chi connectivity index (χ3n) is 4.40. The van der Waals surface area contributed by atoms with Crippen LogP contribution in [0.2, 0.25) is 0 Å². The van der Waals surface area contributed by atoms with Crippen molar-refractivity contribution in [2.75, 3.05) is 5.75 Å². The minimum Gasteiger partial charge on any atom is -0.301 e. The molecule has 3 aromatic rings. The first-order valence-electron chi connectivity index (χ1n) is 9.48. The minimum atomic E-state index is -0.367. The molecule has 0 radical (unpaired) electrons. The number of aromatic amines is 1. The van der Waals surface area contributed by atoms with Crippen molar-refractivity contribution >= 4 is 17.7 Å². The van der Waals surface area contributed by atoms with Gasteiger partial charge in [0.05, 0.1) is 5.69 Å². The molecule has 2 aromatic carbocycles. The number of rotatable bonds is 9. The molecule has 1 heterocycles. The normalized spacial score (nSPS) is 10.7. The number of nitrogens with zero attached hydrogens (tertiary/aromatic N) is 1. The molecule has 150 valence electrons. The molecular formula is C22H23N3O3S. The maximum Gasteiger partial charge on any atom is 0.252 e. The van der Waals surface area contributed by atoms with E-state index >= 15 is 0 Å². The van der Waals surface area contributed by atoms with E-state index < -0.39 is 0 Å². The van der Waals surface area contributed by atoms with Crippen molar-refractivity contribution in [3.8, 4) is 22.4 Å². The molecule has 0 saturated carbocycles. The summed E-state index contributed by atoms with van der Waals surface area (Å²) in [7, 11) is 0. The van der Waals surface area contributed by atoms with E-state index in [-0.39, 0.29) is 11.5 Å². The smallest absolute Gasteiger partial charge is 0.252 e. The van der Waals surface area contributed by atoms with Crippen molar-refractivity contribution in [1.29, 1.82) is 0 Å². The zero-order valence-electron chi connectivity index (χ0n) is 15.9. The molecule has 0 aliphatic heterocycles. The fourth-order valence-corrected chi connectivity index (χ4v) is 3.81. The lowest BCUT2D eigenvalue weighted by atomic mass is 10.0. The molecule has 0 aliphatic rings. The number of unbranched alkanes of at least 4 members (excludes halogenated alkanes) is 2. The Morgan fingerprint density at radius 2 is 1.72 bits per heavy atom. The number of hydrogen-bond acceptors (Lipinski definition) is 5. The highest BCUT2D eigenvalue weighted by molar-refractivity contribution is 7.99. The lowest BCUT2D eigenvalue weighted by Crippen LogP contribution is -2.17. The molecule has 6 nitrogen and oxygen atoms in total. The number of carbonyl (C=O) groups excluding carboxylic acids is 1. The number of nitrogens with one attached hydrogen (secondary N) is 2. The van der Waals surface area contributed by atoms with E-state index in [4.69, 9.17) is 5.21 Å². The highest BCUT2D eigenvalue weighted by Crippen LogP contribution is 2.25. The molecular weight excluding hydrogens is 386 g/mol. The average Bonchev–Trinajstić information content (AvgIpc) is 2.76. The van der Waals surface area contributed by atoms with Crippen LogP contribution in [0.1, 0.15) is 25.7 Å². The summed E-state index contributed by atoms with van der Waals surface area (Å²) in [6.07, 6.45) is 2.77. The fourth-order valence-electron chi connectivity index (χ4n) is 2.93. The summed E-state index contributed by atoms with van der Waals surface area (Å²) >= 11 is 1.49. The number of H-pyrrole nitrogens is 1. The molecule has 0 spiro atoms. The Morgan fingerprint density at radius 3 is 2.52 bits per heavy atom. The van der Waals surface area contributed by atoms with Crippen LogP contribution in [0.3, 0.4) is 0 Å². The Bertz CT molecular complexity index is 1010. The summed E-state index contributed by atoms with van der Waals surface area (Å²) in [5, 5.41) is 9.06. The van der Waals surface area contributed by atoms with Crippen molar-refractivity contribution in [1.82, 2.24) is 15.4 Å². The molecule has 1 aromatic heterocycles. The first-order chi connectivity index (χ1) is 14.2. The molecule has 0 aliphatic carbocycles. The van der Waals surface area contributed by atoms with Gasteiger partial charge in [-0.05, 0) is 30.0 Å². The monoisotopic (exact) mass is 409 g/mol. The zero-order chi connectivity index (χ0) is 20.5. The van der Waals surface area contributed by atoms with Crippen LogP contribution in [0.4, 0.5) is 0 Å². The van der Waals surface area contributed by atoms with Crippen LogP contribution in [0.15, 0.2) is 70.6 Å². The van der Waals surface area contributed by atoms with E-state index in [1.165, 1.54) is 17.8 Å². The van der Waals surface area contributed by atoms with Gasteiger partial charge in [-0.2, -0.15) is 0 Å². The van der Waals surface area contributed by atoms with Crippen LogP contribution in [-0.4, -0.2) is 26.8 Å². The fraction of sp³-hybridized carbons (Fsp3) is 0.227. The van der Waals surface area contributed by atoms with Crippen LogP contribution >= 0.6 is 11.8 Å². The molecule has 0 fully saturated rings. The van der Waals surface area contributed by atoms with Crippen LogP contribution in [0.25, 0.3) is 22.4 Å². The average molecular weight is 410 g/mol. The number of carbonyl (C=O) groups is 1. The third-order valence-corrected chi connectivity index (χ3v) is 5.36. The summed E-state index contributed by atoms with van der Waals surface area (Å²) in [5.41, 5.74) is 5.19. The number of hydroxylamine groups is 1. The Balaban J connectivity index is 1.65. The van der Waals surface area contributed by atoms with Crippen LogP contribution in [0, 0.1) is 0 Å². The SMILES string of the molecule is O=C(CCCCCSc1nc(-c2cccc(-c3ccccc3)c2)cc(=O)[nH]1)NO. The maximum absolute atomic E-state index is 12.1. The molecule has 0 bridgehead atoms. The van der Waals surface area contributed by atoms with Crippen LogP contribution < -0.4 is 11.0 Å². The van der Waals surface area contributed by atoms with E-state index in [2.05, 4.69) is 22.1 Å². The Kier molecular flexibility index (Phi) is 7.61. The largest absolute Gasteiger partial charge is 0.301 e. The number of amides is 1. The molecule has 0 atom stereocenters. The lowest BCUT2D eigenvalue weighted by Gasteiger charge is -2.07. The van der Waals surface area contributed by atoms with Gasteiger partial charge in [0.2, 0.25) is 5.91 Å².